The molecule has 1 atom stereocenters. The summed E-state index contributed by atoms with van der Waals surface area (Å²) in [5.41, 5.74) is -2.76. The van der Waals surface area contributed by atoms with E-state index in [1.807, 2.05) is 39.3 Å². The topological polar surface area (TPSA) is 155 Å². The minimum atomic E-state index is -4.34. The van der Waals surface area contributed by atoms with Gasteiger partial charge in [0.15, 0.2) is 5.82 Å². The molecule has 1 aliphatic heterocycles. The van der Waals surface area contributed by atoms with E-state index in [-0.39, 0.29) is 70.7 Å². The Morgan fingerprint density at radius 2 is 1.74 bits per heavy atom. The zero-order valence-corrected chi connectivity index (χ0v) is 31.8. The first-order valence-corrected chi connectivity index (χ1v) is 19.1. The van der Waals surface area contributed by atoms with Crippen molar-refractivity contribution in [1.29, 1.82) is 0 Å². The van der Waals surface area contributed by atoms with Crippen LogP contribution in [0.25, 0.3) is 5.82 Å². The Kier molecular flexibility index (Phi) is 11.6. The van der Waals surface area contributed by atoms with Crippen LogP contribution in [0.5, 0.6) is 11.8 Å². The Labute approximate surface area is 311 Å². The number of hydrogen-bond acceptors (Lipinski definition) is 10. The van der Waals surface area contributed by atoms with Crippen LogP contribution >= 0.6 is 11.6 Å². The van der Waals surface area contributed by atoms with Crippen molar-refractivity contribution in [3.8, 4) is 17.6 Å². The van der Waals surface area contributed by atoms with Gasteiger partial charge in [-0.25, -0.2) is 32.6 Å². The molecule has 4 heterocycles. The van der Waals surface area contributed by atoms with Crippen LogP contribution in [0.4, 0.5) is 18.0 Å². The number of carbonyl (C=O) groups excluding carboxylic acids is 2. The molecular weight excluding hydrogens is 741 g/mol. The third-order valence-corrected chi connectivity index (χ3v) is 10.8. The van der Waals surface area contributed by atoms with Crippen molar-refractivity contribution in [2.75, 3.05) is 19.8 Å². The molecule has 1 aliphatic carbocycles. The lowest BCUT2D eigenvalue weighted by Crippen LogP contribution is -2.45. The van der Waals surface area contributed by atoms with Gasteiger partial charge < -0.3 is 19.1 Å². The summed E-state index contributed by atoms with van der Waals surface area (Å²) in [6.45, 7) is 10.5. The normalized spacial score (nSPS) is 18.1. The van der Waals surface area contributed by atoms with Crippen LogP contribution in [0.2, 0.25) is 5.15 Å². The van der Waals surface area contributed by atoms with Gasteiger partial charge >= 0.3 is 12.3 Å². The monoisotopic (exact) mass is 784 g/mol. The first-order chi connectivity index (χ1) is 24.7. The molecule has 2 amide bonds. The minimum absolute atomic E-state index is 0.0805. The quantitative estimate of drug-likeness (QED) is 0.132. The lowest BCUT2D eigenvalue weighted by atomic mass is 9.93. The van der Waals surface area contributed by atoms with Crippen molar-refractivity contribution in [1.82, 2.24) is 29.4 Å². The van der Waals surface area contributed by atoms with E-state index in [2.05, 4.69) is 15.1 Å². The van der Waals surface area contributed by atoms with Crippen LogP contribution in [0.3, 0.4) is 0 Å². The summed E-state index contributed by atoms with van der Waals surface area (Å²) < 4.78 is 85.2. The number of nitrogens with zero attached hydrogens (tertiary/aromatic N) is 5. The van der Waals surface area contributed by atoms with Crippen molar-refractivity contribution >= 4 is 33.6 Å². The van der Waals surface area contributed by atoms with E-state index in [1.54, 1.807) is 4.90 Å². The van der Waals surface area contributed by atoms with Crippen LogP contribution in [0.1, 0.15) is 89.9 Å². The van der Waals surface area contributed by atoms with Gasteiger partial charge in [0.25, 0.3) is 15.9 Å². The van der Waals surface area contributed by atoms with Crippen molar-refractivity contribution in [3.05, 3.63) is 53.4 Å². The van der Waals surface area contributed by atoms with E-state index in [4.69, 9.17) is 25.8 Å². The van der Waals surface area contributed by atoms with E-state index < -0.39 is 33.1 Å². The second-order valence-corrected chi connectivity index (χ2v) is 17.1. The van der Waals surface area contributed by atoms with E-state index in [1.165, 1.54) is 41.2 Å². The lowest BCUT2D eigenvalue weighted by Gasteiger charge is -2.33. The molecule has 1 unspecified atom stereocenters. The fraction of sp³-hybridized carbons (Fsp3) is 0.571. The van der Waals surface area contributed by atoms with Crippen LogP contribution < -0.4 is 14.2 Å². The van der Waals surface area contributed by atoms with Gasteiger partial charge in [-0.15, -0.1) is 5.10 Å². The number of hydrogen-bond donors (Lipinski definition) is 1. The summed E-state index contributed by atoms with van der Waals surface area (Å²) in [4.78, 5) is 35.3. The molecule has 5 rings (SSSR count). The number of unbranched alkanes of at least 4 members (excludes halogenated alkanes) is 1. The number of pyridine rings is 2. The molecule has 0 spiro atoms. The molecule has 2 fully saturated rings. The number of carbonyl (C=O) groups is 2. The van der Waals surface area contributed by atoms with Gasteiger partial charge in [0.1, 0.15) is 15.6 Å². The maximum absolute atomic E-state index is 13.1. The zero-order valence-electron chi connectivity index (χ0n) is 30.2. The standard InChI is InChI=1S/C35H44ClF3N6O7S/c1-32(2,3)52-31(47)44-22-23(20-33(44,4)5)8-6-7-18-50-27-12-9-24(21-40-27)53(48,49)43-30(46)25-10-11-26(41-29(25)36)45-17-13-28(42-45)51-19-16-34(14-15-34)35(37,38)39/h9-13,17,21,23H,6-8,14-16,18-20,22H2,1-5H3,(H,43,46). The highest BCUT2D eigenvalue weighted by atomic mass is 35.5. The van der Waals surface area contributed by atoms with Crippen LogP contribution in [0.15, 0.2) is 47.6 Å². The molecule has 13 nitrogen and oxygen atoms in total. The molecule has 3 aromatic heterocycles. The summed E-state index contributed by atoms with van der Waals surface area (Å²) in [5.74, 6) is -0.232. The van der Waals surface area contributed by atoms with Gasteiger partial charge in [-0.1, -0.05) is 11.6 Å². The van der Waals surface area contributed by atoms with Gasteiger partial charge in [0, 0.05) is 30.4 Å². The fourth-order valence-corrected chi connectivity index (χ4v) is 7.33. The second-order valence-electron chi connectivity index (χ2n) is 15.1. The van der Waals surface area contributed by atoms with Crippen molar-refractivity contribution in [3.63, 3.8) is 0 Å². The van der Waals surface area contributed by atoms with Crippen molar-refractivity contribution in [2.45, 2.75) is 102 Å². The van der Waals surface area contributed by atoms with E-state index in [0.717, 1.165) is 31.9 Å². The molecule has 0 bridgehead atoms. The first-order valence-electron chi connectivity index (χ1n) is 17.3. The maximum Gasteiger partial charge on any atom is 0.410 e. The number of rotatable bonds is 14. The predicted octanol–water partition coefficient (Wildman–Crippen LogP) is 7.13. The molecule has 1 saturated carbocycles. The predicted molar refractivity (Wildman–Crippen MR) is 188 cm³/mol. The average Bonchev–Trinajstić information content (AvgIpc) is 3.59. The van der Waals surface area contributed by atoms with Gasteiger partial charge in [0.2, 0.25) is 11.8 Å². The highest BCUT2D eigenvalue weighted by molar-refractivity contribution is 7.90. The van der Waals surface area contributed by atoms with Crippen LogP contribution in [0, 0.1) is 11.3 Å². The maximum atomic E-state index is 13.1. The smallest absolute Gasteiger partial charge is 0.410 e. The summed E-state index contributed by atoms with van der Waals surface area (Å²) >= 11 is 6.22. The number of nitrogens with one attached hydrogen (secondary N) is 1. The Balaban J connectivity index is 1.06. The molecule has 53 heavy (non-hydrogen) atoms. The van der Waals surface area contributed by atoms with Gasteiger partial charge in [0.05, 0.1) is 30.4 Å². The van der Waals surface area contributed by atoms with Gasteiger partial charge in [-0.2, -0.15) is 13.2 Å². The van der Waals surface area contributed by atoms with Gasteiger partial charge in [-0.3, -0.25) is 4.79 Å². The average molecular weight is 785 g/mol. The molecule has 0 radical (unpaired) electrons. The number of likely N-dealkylation sites (tertiary alicyclic amines) is 1. The second kappa shape index (κ2) is 15.3. The molecule has 0 aromatic carbocycles. The van der Waals surface area contributed by atoms with Crippen LogP contribution in [-0.4, -0.2) is 82.1 Å². The summed E-state index contributed by atoms with van der Waals surface area (Å²) in [6.07, 6.45) is 1.33. The molecular formula is C35H44ClF3N6O7S. The SMILES string of the molecule is CC(C)(C)OC(=O)N1CC(CCCCOc2ccc(S(=O)(=O)NC(=O)c3ccc(-n4ccc(OCCC5(C(F)(F)F)CC5)n4)nc3Cl)cn2)CC1(C)C. The molecule has 18 heteroatoms. The number of halogens is 4. The Morgan fingerprint density at radius 1 is 1.02 bits per heavy atom. The largest absolute Gasteiger partial charge is 0.478 e. The number of alkyl halides is 3. The Hall–Kier alpha value is -4.12. The number of ether oxygens (including phenoxy) is 3. The van der Waals surface area contributed by atoms with Gasteiger partial charge in [-0.05, 0) is 104 Å². The molecule has 2 aliphatic rings. The number of amides is 2. The van der Waals surface area contributed by atoms with E-state index in [0.29, 0.717) is 19.1 Å². The van der Waals surface area contributed by atoms with Crippen molar-refractivity contribution in [2.24, 2.45) is 11.3 Å². The highest BCUT2D eigenvalue weighted by Gasteiger charge is 2.62. The number of sulfonamides is 1. The lowest BCUT2D eigenvalue weighted by molar-refractivity contribution is -0.190. The van der Waals surface area contributed by atoms with E-state index in [9.17, 15) is 31.2 Å². The molecule has 1 N–H and O–H groups in total. The summed E-state index contributed by atoms with van der Waals surface area (Å²) in [7, 11) is -4.34. The highest BCUT2D eigenvalue weighted by Crippen LogP contribution is 2.59. The van der Waals surface area contributed by atoms with Crippen molar-refractivity contribution < 1.29 is 45.4 Å². The minimum Gasteiger partial charge on any atom is -0.478 e. The number of aromatic nitrogens is 4. The van der Waals surface area contributed by atoms with E-state index >= 15 is 0 Å². The fourth-order valence-electron chi connectivity index (χ4n) is 6.19. The van der Waals surface area contributed by atoms with Crippen LogP contribution in [-0.2, 0) is 14.8 Å². The summed E-state index contributed by atoms with van der Waals surface area (Å²) in [5, 5.41) is 3.82. The Bertz CT molecular complexity index is 1890. The molecule has 3 aromatic rings. The Morgan fingerprint density at radius 3 is 2.36 bits per heavy atom. The molecule has 1 saturated heterocycles. The molecule has 290 valence electrons. The first kappa shape index (κ1) is 40.1. The summed E-state index contributed by atoms with van der Waals surface area (Å²) in [6, 6.07) is 6.73. The third kappa shape index (κ3) is 10.1. The zero-order chi connectivity index (χ0) is 38.8. The third-order valence-electron chi connectivity index (χ3n) is 9.24.